The first-order valence-corrected chi connectivity index (χ1v) is 45.8. The highest BCUT2D eigenvalue weighted by molar-refractivity contribution is 5.06. The van der Waals surface area contributed by atoms with Gasteiger partial charge in [0.1, 0.15) is 317 Å². The molecule has 0 aromatic heterocycles. The molecule has 13 aliphatic rings. The lowest BCUT2D eigenvalue weighted by molar-refractivity contribution is -0.427. The molecule has 840 valence electrons. The van der Waals surface area contributed by atoms with E-state index >= 15 is 0 Å². The number of aliphatic hydroxyl groups excluding tert-OH is 41. The highest BCUT2D eigenvalue weighted by Crippen LogP contribution is 2.45. The molecule has 0 aromatic carbocycles. The minimum Gasteiger partial charge on any atom is -0.394 e. The van der Waals surface area contributed by atoms with Gasteiger partial charge in [-0.1, -0.05) is 0 Å². The Bertz CT molecular complexity index is 3690. The largest absolute Gasteiger partial charge is 0.394 e. The van der Waals surface area contributed by atoms with Gasteiger partial charge in [-0.3, -0.25) is 0 Å². The molecule has 144 heavy (non-hydrogen) atoms. The Morgan fingerprint density at radius 1 is 0.104 bits per heavy atom. The molecule has 13 saturated heterocycles. The average Bonchev–Trinajstić information content (AvgIpc) is 0.752. The van der Waals surface area contributed by atoms with Crippen molar-refractivity contribution in [3.63, 3.8) is 0 Å². The van der Waals surface area contributed by atoms with Gasteiger partial charge in [0.05, 0.1) is 85.9 Å². The van der Waals surface area contributed by atoms with Crippen LogP contribution in [0.5, 0.6) is 0 Å². The van der Waals surface area contributed by atoms with E-state index in [-0.39, 0.29) is 0 Å². The fraction of sp³-hybridized carbons (Fsp3) is 1.00. The number of ether oxygens (including phenoxy) is 25. The molecule has 66 heteroatoms. The monoisotopic (exact) mass is 2120 g/mol. The van der Waals surface area contributed by atoms with Crippen molar-refractivity contribution >= 4 is 0 Å². The fourth-order valence-corrected chi connectivity index (χ4v) is 18.7. The van der Waals surface area contributed by atoms with Crippen molar-refractivity contribution in [3.8, 4) is 0 Å². The molecular weight excluding hydrogens is 1990 g/mol. The molecule has 13 rings (SSSR count). The van der Waals surface area contributed by atoms with Crippen LogP contribution in [0.3, 0.4) is 0 Å². The molecule has 13 heterocycles. The molecule has 0 saturated carbocycles. The summed E-state index contributed by atoms with van der Waals surface area (Å²) in [5, 5.41) is 459. The highest BCUT2D eigenvalue weighted by atomic mass is 16.9. The predicted molar refractivity (Wildman–Crippen MR) is 428 cm³/mol. The molecule has 13 fully saturated rings. The minimum atomic E-state index is -2.64. The van der Waals surface area contributed by atoms with E-state index < -0.39 is 485 Å². The van der Waals surface area contributed by atoms with Gasteiger partial charge in [-0.05, 0) is 0 Å². The number of hydrogen-bond donors (Lipinski definition) is 41. The molecule has 0 radical (unpaired) electrons. The van der Waals surface area contributed by atoms with Crippen LogP contribution in [-0.2, 0) is 118 Å². The van der Waals surface area contributed by atoms with E-state index in [4.69, 9.17) is 118 Å². The second-order valence-corrected chi connectivity index (χ2v) is 36.4. The van der Waals surface area contributed by atoms with Crippen molar-refractivity contribution in [1.29, 1.82) is 0 Å². The summed E-state index contributed by atoms with van der Waals surface area (Å²) in [6.07, 6.45) is -151. The van der Waals surface area contributed by atoms with Crippen molar-refractivity contribution in [2.75, 3.05) is 85.9 Å². The highest BCUT2D eigenvalue weighted by Gasteiger charge is 2.65. The Balaban J connectivity index is 0.788. The maximum absolute atomic E-state index is 12.2. The molecular formula is C78H132O66. The minimum absolute atomic E-state index is 0.971. The zero-order valence-corrected chi connectivity index (χ0v) is 75.3. The molecule has 0 spiro atoms. The van der Waals surface area contributed by atoms with Crippen LogP contribution in [0.15, 0.2) is 0 Å². The Labute approximate surface area is 810 Å². The molecule has 0 aromatic rings. The third-order valence-corrected chi connectivity index (χ3v) is 27.3. The van der Waals surface area contributed by atoms with Gasteiger partial charge >= 0.3 is 0 Å². The Hall–Kier alpha value is -2.64. The molecule has 13 aliphatic heterocycles. The van der Waals surface area contributed by atoms with Crippen LogP contribution in [0, 0.1) is 0 Å². The van der Waals surface area contributed by atoms with Crippen LogP contribution in [0.1, 0.15) is 0 Å². The van der Waals surface area contributed by atoms with E-state index in [1.807, 2.05) is 0 Å². The van der Waals surface area contributed by atoms with Gasteiger partial charge in [-0.15, -0.1) is 0 Å². The topological polar surface area (TPSA) is 1060 Å². The zero-order valence-electron chi connectivity index (χ0n) is 75.3. The van der Waals surface area contributed by atoms with Crippen molar-refractivity contribution in [2.24, 2.45) is 0 Å². The van der Waals surface area contributed by atoms with Crippen LogP contribution < -0.4 is 0 Å². The van der Waals surface area contributed by atoms with E-state index in [1.165, 1.54) is 0 Å². The lowest BCUT2D eigenvalue weighted by Crippen LogP contribution is -2.70. The molecule has 41 N–H and O–H groups in total. The van der Waals surface area contributed by atoms with Gasteiger partial charge in [0, 0.05) is 0 Å². The van der Waals surface area contributed by atoms with E-state index in [1.54, 1.807) is 0 Å². The summed E-state index contributed by atoms with van der Waals surface area (Å²) in [5.41, 5.74) is 0. The van der Waals surface area contributed by atoms with Gasteiger partial charge in [-0.25, -0.2) is 0 Å². The molecule has 65 atom stereocenters. The quantitative estimate of drug-likeness (QED) is 0.0275. The van der Waals surface area contributed by atoms with Crippen LogP contribution in [0.4, 0.5) is 0 Å². The lowest BCUT2D eigenvalue weighted by Gasteiger charge is -2.51. The summed E-state index contributed by atoms with van der Waals surface area (Å²) >= 11 is 0. The number of aliphatic hydroxyl groups is 41. The van der Waals surface area contributed by atoms with E-state index in [9.17, 15) is 209 Å². The summed E-state index contributed by atoms with van der Waals surface area (Å²) in [7, 11) is 0. The van der Waals surface area contributed by atoms with Gasteiger partial charge in [0.2, 0.25) is 0 Å². The van der Waals surface area contributed by atoms with Crippen LogP contribution in [0.25, 0.3) is 0 Å². The number of hydrogen-bond acceptors (Lipinski definition) is 66. The first-order chi connectivity index (χ1) is 68.4. The SMILES string of the molecule is OC[C@H]1O[C@@H](O[C@H]2[C@H](O[C@H]3[C@H](O[C@H]4[C@H](O[C@H]5[C@H](O[C@H]6[C@H](O[C@H]7[C@H](O[C@H]8[C@H](O[C@H]9[C@H](O[C@H]%10[C@H](O[C@H]%11[C@H](O[C@H]%12[C@H](O[C@H]%13C(O)O[C@H](CO)[C@@H](O)[C@@H]%13O)O[C@H](CO)[C@@H](O)[C@@H]%12O)O[C@H](CO)[C@@H](O)[C@@H]%11O)O[C@H](CO)[C@@H](O)[C@@H]%10O)O[C@H](CO)[C@@H](O)[C@@H]9O)O[C@H](CO)[C@@H](O)[C@@H]8O)O[C@H](CO)[C@@H](O)[C@@H]7O)O[C@H](CO)[C@@H](O)[C@@H]6O)O[C@H](CO)[C@@H](O)[C@@H]5O)O[C@H](CO)[C@@H](O)[C@@H]4O)O[C@H](CO)[C@@H](O)[C@@H]3O)O[C@H](CO)[C@@H](O)[C@@H]2O)[C@H](O)[C@@H](O)[C@@H]1O. The third-order valence-electron chi connectivity index (χ3n) is 27.3. The van der Waals surface area contributed by atoms with Crippen molar-refractivity contribution < 1.29 is 328 Å². The van der Waals surface area contributed by atoms with Gasteiger partial charge in [0.15, 0.2) is 81.8 Å². The zero-order chi connectivity index (χ0) is 105. The first-order valence-electron chi connectivity index (χ1n) is 45.8. The maximum atomic E-state index is 12.2. The Morgan fingerprint density at radius 2 is 0.201 bits per heavy atom. The summed E-state index contributed by atoms with van der Waals surface area (Å²) in [6.45, 7) is -15.7. The maximum Gasteiger partial charge on any atom is 0.187 e. The summed E-state index contributed by atoms with van der Waals surface area (Å²) in [6, 6.07) is 0. The average molecular weight is 2130 g/mol. The smallest absolute Gasteiger partial charge is 0.187 e. The van der Waals surface area contributed by atoms with E-state index in [0.29, 0.717) is 0 Å². The second-order valence-electron chi connectivity index (χ2n) is 36.4. The van der Waals surface area contributed by atoms with E-state index in [2.05, 4.69) is 0 Å². The summed E-state index contributed by atoms with van der Waals surface area (Å²) < 4.78 is 148. The van der Waals surface area contributed by atoms with Gasteiger partial charge < -0.3 is 328 Å². The van der Waals surface area contributed by atoms with Crippen LogP contribution in [0.2, 0.25) is 0 Å². The normalized spacial score (nSPS) is 53.9. The molecule has 0 aliphatic carbocycles. The second kappa shape index (κ2) is 51.4. The predicted octanol–water partition coefficient (Wildman–Crippen LogP) is -29.3. The summed E-state index contributed by atoms with van der Waals surface area (Å²) in [4.78, 5) is 0. The van der Waals surface area contributed by atoms with Gasteiger partial charge in [0.25, 0.3) is 0 Å². The van der Waals surface area contributed by atoms with Crippen molar-refractivity contribution in [2.45, 2.75) is 399 Å². The Morgan fingerprint density at radius 3 is 0.333 bits per heavy atom. The first kappa shape index (κ1) is 118. The van der Waals surface area contributed by atoms with Crippen molar-refractivity contribution in [3.05, 3.63) is 0 Å². The van der Waals surface area contributed by atoms with Crippen molar-refractivity contribution in [1.82, 2.24) is 0 Å². The molecule has 66 nitrogen and oxygen atoms in total. The molecule has 1 unspecified atom stereocenters. The molecule has 0 amide bonds. The van der Waals surface area contributed by atoms with Crippen LogP contribution >= 0.6 is 0 Å². The van der Waals surface area contributed by atoms with E-state index in [0.717, 1.165) is 0 Å². The number of rotatable bonds is 37. The fourth-order valence-electron chi connectivity index (χ4n) is 18.7. The molecule has 0 bridgehead atoms. The third kappa shape index (κ3) is 24.3. The lowest BCUT2D eigenvalue weighted by atomic mass is 9.95. The van der Waals surface area contributed by atoms with Crippen LogP contribution in [-0.4, -0.2) is 694 Å². The standard InChI is InChI=1S/C78H132O66/c79-1-14-28(93)41(106)54(66(119)120-14)133-68-56(43(108)30(95)16(3-81)122-68)135-70-58(45(110)32(97)18(5-83)124-70)137-72-60(47(112)34(99)20(7-85)126-72)139-74-62(49(114)36(101)22(9-87)128-74)141-76-64(51(116)38(103)24(11-89)130-76)143-78-65(52(117)39(104)26(13-91)132-78)144-77-63(50(115)37(102)25(12-90)131-77)142-75-61(48(113)35(100)23(10-88)129-75)140-73-59(46(111)33(98)21(8-86)127-73)138-71-57(44(109)31(96)19(6-84)125-71)136-69-55(42(107)29(94)17(4-82)123-69)134-67-53(118)40(105)27(92)15(2-80)121-67/h14-119H,1-13H2/t14-,15-,16-,17-,18-,19-,20-,21-,22-,23-,24-,25-,26-,27-,28-,29-,30-,31-,32-,33-,34-,35-,36-,37-,38-,39-,40+,41+,42+,43+,44+,45+,46+,47+,48+,49+,50+,51+,52+,53-,54-,55-,56-,57-,58-,59-,60-,61-,62-,63-,64-,65-,66?,67+,68+,69+,70+,71+,72+,73+,74+,75+,76+,77+,78+/m1/s1. The summed E-state index contributed by atoms with van der Waals surface area (Å²) in [5.74, 6) is 0. The Kier molecular flexibility index (Phi) is 42.2. The van der Waals surface area contributed by atoms with Gasteiger partial charge in [-0.2, -0.15) is 0 Å².